The minimum Gasteiger partial charge on any atom is -0.481 e. The SMILES string of the molecule is COc1cc(-c2cc3c(N4CC5CCC(C4)N5C(=O)OC(C)(C)C)ccnc3n2S(=O)(=O)c2ccc(C)cc2)ccn1. The van der Waals surface area contributed by atoms with E-state index in [0.717, 1.165) is 24.1 Å². The molecule has 11 heteroatoms. The predicted molar refractivity (Wildman–Crippen MR) is 160 cm³/mol. The van der Waals surface area contributed by atoms with Gasteiger partial charge in [-0.05, 0) is 70.9 Å². The lowest BCUT2D eigenvalue weighted by Crippen LogP contribution is -2.56. The summed E-state index contributed by atoms with van der Waals surface area (Å²) in [6.07, 6.45) is 4.74. The van der Waals surface area contributed by atoms with Gasteiger partial charge < -0.3 is 14.4 Å². The van der Waals surface area contributed by atoms with Crippen LogP contribution in [-0.2, 0) is 14.8 Å². The second-order valence-corrected chi connectivity index (χ2v) is 13.7. The van der Waals surface area contributed by atoms with Gasteiger partial charge in [-0.3, -0.25) is 4.90 Å². The van der Waals surface area contributed by atoms with Crippen molar-refractivity contribution in [3.8, 4) is 17.1 Å². The lowest BCUT2D eigenvalue weighted by Gasteiger charge is -2.42. The van der Waals surface area contributed by atoms with Gasteiger partial charge in [-0.25, -0.2) is 27.2 Å². The van der Waals surface area contributed by atoms with Gasteiger partial charge in [0.1, 0.15) is 5.60 Å². The molecule has 0 N–H and O–H groups in total. The van der Waals surface area contributed by atoms with Gasteiger partial charge in [0.05, 0.1) is 29.8 Å². The first kappa shape index (κ1) is 28.0. The van der Waals surface area contributed by atoms with Crippen LogP contribution in [0.5, 0.6) is 5.88 Å². The molecule has 0 radical (unpaired) electrons. The van der Waals surface area contributed by atoms with Crippen molar-refractivity contribution < 1.29 is 22.7 Å². The lowest BCUT2D eigenvalue weighted by molar-refractivity contribution is 0.0123. The second kappa shape index (κ2) is 10.3. The summed E-state index contributed by atoms with van der Waals surface area (Å²) in [6.45, 7) is 8.78. The van der Waals surface area contributed by atoms with Crippen LogP contribution in [0.3, 0.4) is 0 Å². The van der Waals surface area contributed by atoms with Gasteiger partial charge >= 0.3 is 6.09 Å². The van der Waals surface area contributed by atoms with Crippen molar-refractivity contribution >= 4 is 32.8 Å². The van der Waals surface area contributed by atoms with E-state index in [1.165, 1.54) is 11.1 Å². The molecule has 0 saturated carbocycles. The summed E-state index contributed by atoms with van der Waals surface area (Å²) in [7, 11) is -2.50. The maximum Gasteiger partial charge on any atom is 0.410 e. The summed E-state index contributed by atoms with van der Waals surface area (Å²) >= 11 is 0. The average Bonchev–Trinajstić information content (AvgIpc) is 3.48. The molecule has 220 valence electrons. The van der Waals surface area contributed by atoms with Crippen molar-refractivity contribution in [2.45, 2.75) is 63.1 Å². The minimum atomic E-state index is -4.03. The number of piperazine rings is 1. The maximum absolute atomic E-state index is 14.2. The van der Waals surface area contributed by atoms with Crippen LogP contribution in [-0.4, -0.2) is 71.2 Å². The Hall–Kier alpha value is -4.12. The third kappa shape index (κ3) is 4.95. The fourth-order valence-electron chi connectivity index (χ4n) is 5.99. The first-order chi connectivity index (χ1) is 20.0. The highest BCUT2D eigenvalue weighted by atomic mass is 32.2. The number of hydrogen-bond donors (Lipinski definition) is 0. The fourth-order valence-corrected chi connectivity index (χ4v) is 7.47. The number of pyridine rings is 2. The van der Waals surface area contributed by atoms with Crippen LogP contribution in [0.2, 0.25) is 0 Å². The molecule has 5 heterocycles. The number of nitrogens with zero attached hydrogens (tertiary/aromatic N) is 5. The molecule has 1 aromatic carbocycles. The summed E-state index contributed by atoms with van der Waals surface area (Å²) in [5.41, 5.74) is 2.70. The largest absolute Gasteiger partial charge is 0.481 e. The maximum atomic E-state index is 14.2. The van der Waals surface area contributed by atoms with Crippen molar-refractivity contribution in [1.82, 2.24) is 18.8 Å². The number of amides is 1. The number of carbonyl (C=O) groups excluding carboxylic acids is 1. The number of fused-ring (bicyclic) bond motifs is 3. The van der Waals surface area contributed by atoms with Gasteiger partial charge in [0.15, 0.2) is 5.65 Å². The van der Waals surface area contributed by atoms with Crippen LogP contribution in [0, 0.1) is 6.92 Å². The number of methoxy groups -OCH3 is 1. The molecule has 4 aromatic rings. The average molecular weight is 590 g/mol. The predicted octanol–water partition coefficient (Wildman–Crippen LogP) is 5.24. The molecular weight excluding hydrogens is 554 g/mol. The first-order valence-electron chi connectivity index (χ1n) is 14.1. The number of aryl methyl sites for hydroxylation is 1. The highest BCUT2D eigenvalue weighted by molar-refractivity contribution is 7.90. The van der Waals surface area contributed by atoms with Crippen molar-refractivity contribution in [3.05, 3.63) is 66.5 Å². The topological polar surface area (TPSA) is 107 Å². The summed E-state index contributed by atoms with van der Waals surface area (Å²) < 4.78 is 40.8. The Morgan fingerprint density at radius 1 is 0.952 bits per heavy atom. The third-order valence-electron chi connectivity index (χ3n) is 7.86. The van der Waals surface area contributed by atoms with E-state index in [-0.39, 0.29) is 23.1 Å². The number of benzene rings is 1. The van der Waals surface area contributed by atoms with Gasteiger partial charge in [-0.1, -0.05) is 17.7 Å². The number of rotatable bonds is 5. The molecule has 3 aromatic heterocycles. The van der Waals surface area contributed by atoms with Crippen LogP contribution in [0.15, 0.2) is 65.8 Å². The monoisotopic (exact) mass is 589 g/mol. The molecular formula is C31H35N5O5S. The van der Waals surface area contributed by atoms with E-state index >= 15 is 0 Å². The molecule has 0 spiro atoms. The standard InChI is InChI=1S/C31H35N5O5S/c1-20-6-10-24(11-7-20)42(38,39)36-27(21-12-14-32-28(16-21)40-5)17-25-26(13-15-33-29(25)36)34-18-22-8-9-23(19-34)35(22)30(37)41-31(2,3)4/h6-7,10-17,22-23H,8-9,18-19H2,1-5H3. The number of anilines is 1. The Morgan fingerprint density at radius 2 is 1.62 bits per heavy atom. The first-order valence-corrected chi connectivity index (χ1v) is 15.5. The van der Waals surface area contributed by atoms with E-state index in [2.05, 4.69) is 14.9 Å². The van der Waals surface area contributed by atoms with Crippen LogP contribution >= 0.6 is 0 Å². The number of carbonyl (C=O) groups is 1. The van der Waals surface area contributed by atoms with Crippen LogP contribution in [0.25, 0.3) is 22.3 Å². The number of aromatic nitrogens is 3. The molecule has 6 rings (SSSR count). The molecule has 2 aliphatic heterocycles. The lowest BCUT2D eigenvalue weighted by atomic mass is 10.1. The van der Waals surface area contributed by atoms with E-state index in [1.54, 1.807) is 48.8 Å². The van der Waals surface area contributed by atoms with Gasteiger partial charge in [0, 0.05) is 48.2 Å². The molecule has 2 unspecified atom stereocenters. The summed E-state index contributed by atoms with van der Waals surface area (Å²) in [4.78, 5) is 26.2. The Labute approximate surface area is 245 Å². The molecule has 2 saturated heterocycles. The molecule has 2 atom stereocenters. The van der Waals surface area contributed by atoms with Crippen LogP contribution in [0.1, 0.15) is 39.2 Å². The number of ether oxygens (including phenoxy) is 2. The Bertz CT molecular complexity index is 1750. The zero-order chi connectivity index (χ0) is 29.8. The smallest absolute Gasteiger partial charge is 0.410 e. The zero-order valence-electron chi connectivity index (χ0n) is 24.4. The summed E-state index contributed by atoms with van der Waals surface area (Å²) in [6, 6.07) is 14.1. The van der Waals surface area contributed by atoms with Crippen molar-refractivity contribution in [2.75, 3.05) is 25.1 Å². The third-order valence-corrected chi connectivity index (χ3v) is 9.58. The molecule has 0 aliphatic carbocycles. The highest BCUT2D eigenvalue weighted by Crippen LogP contribution is 2.40. The fraction of sp³-hybridized carbons (Fsp3) is 0.387. The van der Waals surface area contributed by atoms with Gasteiger partial charge in [-0.15, -0.1) is 0 Å². The van der Waals surface area contributed by atoms with Gasteiger partial charge in [0.25, 0.3) is 10.0 Å². The molecule has 2 fully saturated rings. The van der Waals surface area contributed by atoms with Gasteiger partial charge in [-0.2, -0.15) is 0 Å². The Morgan fingerprint density at radius 3 is 2.26 bits per heavy atom. The van der Waals surface area contributed by atoms with Crippen LogP contribution in [0.4, 0.5) is 10.5 Å². The van der Waals surface area contributed by atoms with Crippen LogP contribution < -0.4 is 9.64 Å². The van der Waals surface area contributed by atoms with E-state index in [9.17, 15) is 13.2 Å². The molecule has 2 aliphatic rings. The minimum absolute atomic E-state index is 0.00382. The molecule has 42 heavy (non-hydrogen) atoms. The van der Waals surface area contributed by atoms with E-state index < -0.39 is 15.6 Å². The highest BCUT2D eigenvalue weighted by Gasteiger charge is 2.44. The second-order valence-electron chi connectivity index (χ2n) is 11.9. The molecule has 1 amide bonds. The van der Waals surface area contributed by atoms with E-state index in [0.29, 0.717) is 41.3 Å². The van der Waals surface area contributed by atoms with E-state index in [4.69, 9.17) is 9.47 Å². The quantitative estimate of drug-likeness (QED) is 0.311. The Kier molecular flexibility index (Phi) is 6.87. The zero-order valence-corrected chi connectivity index (χ0v) is 25.3. The molecule has 2 bridgehead atoms. The normalized spacial score (nSPS) is 18.9. The summed E-state index contributed by atoms with van der Waals surface area (Å²) in [5.74, 6) is 0.375. The van der Waals surface area contributed by atoms with Crippen molar-refractivity contribution in [1.29, 1.82) is 0 Å². The summed E-state index contributed by atoms with van der Waals surface area (Å²) in [5, 5.41) is 0.712. The Balaban J connectivity index is 1.46. The van der Waals surface area contributed by atoms with E-state index in [1.807, 2.05) is 44.7 Å². The van der Waals surface area contributed by atoms with Gasteiger partial charge in [0.2, 0.25) is 5.88 Å². The van der Waals surface area contributed by atoms with Crippen molar-refractivity contribution in [3.63, 3.8) is 0 Å². The molecule has 10 nitrogen and oxygen atoms in total. The number of hydrogen-bond acceptors (Lipinski definition) is 8. The van der Waals surface area contributed by atoms with Crippen molar-refractivity contribution in [2.24, 2.45) is 0 Å².